The van der Waals surface area contributed by atoms with Crippen LogP contribution in [0.2, 0.25) is 5.02 Å². The number of amides is 2. The van der Waals surface area contributed by atoms with E-state index in [4.69, 9.17) is 11.6 Å². The molecule has 9 nitrogen and oxygen atoms in total. The maximum atomic E-state index is 13.5. The predicted octanol–water partition coefficient (Wildman–Crippen LogP) is 3.74. The minimum Gasteiger partial charge on any atom is -0.350 e. The van der Waals surface area contributed by atoms with Gasteiger partial charge in [-0.25, -0.2) is 4.68 Å². The van der Waals surface area contributed by atoms with Crippen LogP contribution in [0.3, 0.4) is 0 Å². The molecule has 2 fully saturated rings. The van der Waals surface area contributed by atoms with Gasteiger partial charge >= 0.3 is 0 Å². The van der Waals surface area contributed by atoms with Gasteiger partial charge in [-0.15, -0.1) is 5.10 Å². The van der Waals surface area contributed by atoms with Gasteiger partial charge in [0.2, 0.25) is 11.8 Å². The van der Waals surface area contributed by atoms with Gasteiger partial charge in [-0.1, -0.05) is 66.2 Å². The summed E-state index contributed by atoms with van der Waals surface area (Å²) in [5.74, 6) is 0.112. The second-order valence-electron chi connectivity index (χ2n) is 10.3. The van der Waals surface area contributed by atoms with Crippen LogP contribution in [-0.4, -0.2) is 62.1 Å². The number of benzene rings is 3. The fourth-order valence-corrected chi connectivity index (χ4v) is 5.80. The molecule has 0 saturated carbocycles. The smallest absolute Gasteiger partial charge is 0.243 e. The number of nitrogens with zero attached hydrogens (tertiary/aromatic N) is 5. The molecule has 0 aliphatic carbocycles. The highest BCUT2D eigenvalue weighted by atomic mass is 35.5. The first-order valence-electron chi connectivity index (χ1n) is 13.6. The van der Waals surface area contributed by atoms with Crippen molar-refractivity contribution in [3.05, 3.63) is 95.3 Å². The van der Waals surface area contributed by atoms with Crippen LogP contribution in [0.25, 0.3) is 16.8 Å². The van der Waals surface area contributed by atoms with Gasteiger partial charge in [0.05, 0.1) is 11.7 Å². The lowest BCUT2D eigenvalue weighted by atomic mass is 9.84. The maximum Gasteiger partial charge on any atom is 0.243 e. The van der Waals surface area contributed by atoms with E-state index in [2.05, 4.69) is 62.6 Å². The summed E-state index contributed by atoms with van der Waals surface area (Å²) in [4.78, 5) is 28.3. The molecule has 3 atom stereocenters. The van der Waals surface area contributed by atoms with Gasteiger partial charge in [0, 0.05) is 18.1 Å². The second-order valence-corrected chi connectivity index (χ2v) is 10.7. The maximum absolute atomic E-state index is 13.5. The molecule has 204 valence electrons. The van der Waals surface area contributed by atoms with E-state index in [-0.39, 0.29) is 24.4 Å². The van der Waals surface area contributed by atoms with Crippen LogP contribution in [0, 0.1) is 0 Å². The highest BCUT2D eigenvalue weighted by Gasteiger charge is 2.41. The summed E-state index contributed by atoms with van der Waals surface area (Å²) < 4.78 is 1.53. The molecule has 0 radical (unpaired) electrons. The van der Waals surface area contributed by atoms with Crippen molar-refractivity contribution in [1.82, 2.24) is 35.7 Å². The number of hydrogen-bond donors (Lipinski definition) is 2. The number of halogens is 1. The van der Waals surface area contributed by atoms with Crippen LogP contribution in [0.5, 0.6) is 0 Å². The Balaban J connectivity index is 1.07. The molecule has 4 aromatic rings. The molecule has 10 heteroatoms. The number of carbonyl (C=O) groups excluding carboxylic acids is 2. The number of hydrogen-bond acceptors (Lipinski definition) is 6. The zero-order valence-corrected chi connectivity index (χ0v) is 22.7. The number of piperidine rings is 1. The molecule has 1 unspecified atom stereocenters. The first-order chi connectivity index (χ1) is 19.6. The third kappa shape index (κ3) is 5.48. The van der Waals surface area contributed by atoms with Crippen LogP contribution in [0.1, 0.15) is 36.3 Å². The number of rotatable bonds is 7. The van der Waals surface area contributed by atoms with E-state index >= 15 is 0 Å². The minimum absolute atomic E-state index is 0.00543. The lowest BCUT2D eigenvalue weighted by Crippen LogP contribution is -2.62. The summed E-state index contributed by atoms with van der Waals surface area (Å²) in [7, 11) is 0. The van der Waals surface area contributed by atoms with Crippen molar-refractivity contribution in [2.75, 3.05) is 13.1 Å². The summed E-state index contributed by atoms with van der Waals surface area (Å²) in [5, 5.41) is 18.2. The molecule has 6 rings (SSSR count). The molecule has 0 bridgehead atoms. The van der Waals surface area contributed by atoms with Crippen LogP contribution in [-0.2, 0) is 16.1 Å². The normalized spacial score (nSPS) is 20.5. The molecule has 3 aromatic carbocycles. The van der Waals surface area contributed by atoms with Gasteiger partial charge in [-0.3, -0.25) is 9.59 Å². The highest BCUT2D eigenvalue weighted by molar-refractivity contribution is 6.30. The molecule has 2 saturated heterocycles. The van der Waals surface area contributed by atoms with Crippen molar-refractivity contribution in [2.45, 2.75) is 43.8 Å². The van der Waals surface area contributed by atoms with Gasteiger partial charge in [0.1, 0.15) is 12.4 Å². The van der Waals surface area contributed by atoms with Crippen LogP contribution in [0.4, 0.5) is 0 Å². The van der Waals surface area contributed by atoms with E-state index in [1.807, 2.05) is 18.2 Å². The van der Waals surface area contributed by atoms with Gasteiger partial charge < -0.3 is 15.5 Å². The molecule has 2 N–H and O–H groups in total. The average molecular weight is 556 g/mol. The van der Waals surface area contributed by atoms with Crippen LogP contribution in [0.15, 0.2) is 79.1 Å². The van der Waals surface area contributed by atoms with Gasteiger partial charge in [0.25, 0.3) is 0 Å². The molecule has 1 aromatic heterocycles. The van der Waals surface area contributed by atoms with Crippen molar-refractivity contribution >= 4 is 23.4 Å². The molecular formula is C30H30ClN7O2. The largest absolute Gasteiger partial charge is 0.350 e. The van der Waals surface area contributed by atoms with Crippen molar-refractivity contribution in [3.63, 3.8) is 0 Å². The zero-order valence-electron chi connectivity index (χ0n) is 21.9. The standard InChI is InChI=1S/C30H30ClN7O2/c31-25-10-11-27(38-19-34-35-36-38)24(16-25)18-33-29(39)28-13-15-37(28)30(40)26-17-23(12-14-32-26)22-8-6-21(7-9-22)20-4-2-1-3-5-20/h1-11,16,19,23,26,28,32H,12-15,17-18H2,(H,33,39)/t23-,26+,28?/m0/s1. The van der Waals surface area contributed by atoms with E-state index in [0.29, 0.717) is 30.3 Å². The van der Waals surface area contributed by atoms with Crippen molar-refractivity contribution in [1.29, 1.82) is 0 Å². The Hall–Kier alpha value is -4.08. The fraction of sp³-hybridized carbons (Fsp3) is 0.300. The molecule has 0 spiro atoms. The topological polar surface area (TPSA) is 105 Å². The van der Waals surface area contributed by atoms with Crippen molar-refractivity contribution in [3.8, 4) is 16.8 Å². The number of nitrogens with one attached hydrogen (secondary N) is 2. The third-order valence-electron chi connectivity index (χ3n) is 7.89. The molecule has 2 amide bonds. The van der Waals surface area contributed by atoms with E-state index in [1.165, 1.54) is 27.7 Å². The Kier molecular flexibility index (Phi) is 7.57. The lowest BCUT2D eigenvalue weighted by molar-refractivity contribution is -0.149. The summed E-state index contributed by atoms with van der Waals surface area (Å²) in [6.07, 6.45) is 3.82. The zero-order chi connectivity index (χ0) is 27.5. The van der Waals surface area contributed by atoms with E-state index in [1.54, 1.807) is 23.1 Å². The number of tetrazole rings is 1. The van der Waals surface area contributed by atoms with Crippen molar-refractivity contribution in [2.24, 2.45) is 0 Å². The summed E-state index contributed by atoms with van der Waals surface area (Å²) >= 11 is 6.20. The van der Waals surface area contributed by atoms with E-state index in [0.717, 1.165) is 24.2 Å². The molecule has 2 aliphatic rings. The Labute approximate surface area is 237 Å². The molecule has 3 heterocycles. The Morgan fingerprint density at radius 3 is 2.52 bits per heavy atom. The molecular weight excluding hydrogens is 526 g/mol. The fourth-order valence-electron chi connectivity index (χ4n) is 5.60. The summed E-state index contributed by atoms with van der Waals surface area (Å²) in [6, 6.07) is 23.5. The average Bonchev–Trinajstić information content (AvgIpc) is 3.51. The van der Waals surface area contributed by atoms with Crippen LogP contribution < -0.4 is 10.6 Å². The van der Waals surface area contributed by atoms with Crippen molar-refractivity contribution < 1.29 is 9.59 Å². The third-order valence-corrected chi connectivity index (χ3v) is 8.12. The summed E-state index contributed by atoms with van der Waals surface area (Å²) in [5.41, 5.74) is 5.13. The second kappa shape index (κ2) is 11.6. The van der Waals surface area contributed by atoms with Gasteiger partial charge in [-0.05, 0) is 82.6 Å². The van der Waals surface area contributed by atoms with E-state index < -0.39 is 6.04 Å². The quantitative estimate of drug-likeness (QED) is 0.360. The monoisotopic (exact) mass is 555 g/mol. The van der Waals surface area contributed by atoms with E-state index in [9.17, 15) is 9.59 Å². The van der Waals surface area contributed by atoms with Gasteiger partial charge in [-0.2, -0.15) is 0 Å². The number of aromatic nitrogens is 4. The SMILES string of the molecule is O=C(NCc1cc(Cl)ccc1-n1cnnn1)C1CCN1C(=O)[C@H]1C[C@@H](c2ccc(-c3ccccc3)cc2)CCN1. The number of carbonyl (C=O) groups is 2. The Morgan fingerprint density at radius 2 is 1.80 bits per heavy atom. The Bertz CT molecular complexity index is 1480. The molecule has 40 heavy (non-hydrogen) atoms. The van der Waals surface area contributed by atoms with Crippen LogP contribution >= 0.6 is 11.6 Å². The first-order valence-corrected chi connectivity index (χ1v) is 13.9. The predicted molar refractivity (Wildman–Crippen MR) is 152 cm³/mol. The lowest BCUT2D eigenvalue weighted by Gasteiger charge is -2.43. The minimum atomic E-state index is -0.476. The summed E-state index contributed by atoms with van der Waals surface area (Å²) in [6.45, 7) is 1.59. The Morgan fingerprint density at radius 1 is 1.00 bits per heavy atom. The molecule has 2 aliphatic heterocycles. The van der Waals surface area contributed by atoms with Gasteiger partial charge in [0.15, 0.2) is 0 Å². The highest BCUT2D eigenvalue weighted by Crippen LogP contribution is 2.31. The first kappa shape index (κ1) is 26.2. The number of likely N-dealkylation sites (tertiary alicyclic amines) is 1.